The molecule has 0 heterocycles. The average Bonchev–Trinajstić information content (AvgIpc) is 2.30. The van der Waals surface area contributed by atoms with Crippen LogP contribution < -0.4 is 5.73 Å². The van der Waals surface area contributed by atoms with Gasteiger partial charge in [-0.25, -0.2) is 0 Å². The van der Waals surface area contributed by atoms with Crippen molar-refractivity contribution in [2.75, 3.05) is 6.61 Å². The first-order valence-corrected chi connectivity index (χ1v) is 5.43. The maximum absolute atomic E-state index is 11.9. The smallest absolute Gasteiger partial charge is 0.376 e. The van der Waals surface area contributed by atoms with Crippen LogP contribution in [0, 0.1) is 0 Å². The van der Waals surface area contributed by atoms with Gasteiger partial charge < -0.3 is 10.5 Å². The van der Waals surface area contributed by atoms with Crippen molar-refractivity contribution in [2.24, 2.45) is 5.73 Å². The monoisotopic (exact) mass is 225 g/mol. The summed E-state index contributed by atoms with van der Waals surface area (Å²) < 4.78 is 40.8. The molecule has 0 aromatic rings. The molecule has 2 atom stereocenters. The predicted molar refractivity (Wildman–Crippen MR) is 51.5 cm³/mol. The number of hydrogen-bond donors (Lipinski definition) is 1. The molecule has 0 aromatic heterocycles. The largest absolute Gasteiger partial charge is 0.391 e. The van der Waals surface area contributed by atoms with Crippen LogP contribution in [0.25, 0.3) is 0 Å². The predicted octanol–water partition coefficient (Wildman–Crippen LogP) is 2.62. The van der Waals surface area contributed by atoms with Gasteiger partial charge in [0.25, 0.3) is 0 Å². The normalized spacial score (nSPS) is 28.8. The van der Waals surface area contributed by atoms with Crippen molar-refractivity contribution in [1.82, 2.24) is 0 Å². The Bertz CT molecular complexity index is 184. The third-order valence-corrected chi connectivity index (χ3v) is 2.72. The lowest BCUT2D eigenvalue weighted by atomic mass is 10.1. The van der Waals surface area contributed by atoms with Gasteiger partial charge in [-0.05, 0) is 12.8 Å². The number of rotatable bonds is 3. The van der Waals surface area contributed by atoms with Gasteiger partial charge in [0.2, 0.25) is 0 Å². The first-order valence-electron chi connectivity index (χ1n) is 5.43. The Morgan fingerprint density at radius 1 is 1.13 bits per heavy atom. The van der Waals surface area contributed by atoms with Crippen LogP contribution >= 0.6 is 0 Å². The fraction of sp³-hybridized carbons (Fsp3) is 1.00. The summed E-state index contributed by atoms with van der Waals surface area (Å²) in [7, 11) is 0. The fourth-order valence-electron chi connectivity index (χ4n) is 1.84. The fourth-order valence-corrected chi connectivity index (χ4v) is 1.84. The average molecular weight is 225 g/mol. The lowest BCUT2D eigenvalue weighted by Gasteiger charge is -2.22. The third kappa shape index (κ3) is 5.37. The molecule has 15 heavy (non-hydrogen) atoms. The zero-order chi connectivity index (χ0) is 11.3. The van der Waals surface area contributed by atoms with Crippen molar-refractivity contribution in [1.29, 1.82) is 0 Å². The first kappa shape index (κ1) is 12.8. The van der Waals surface area contributed by atoms with Gasteiger partial charge in [0.15, 0.2) is 0 Å². The summed E-state index contributed by atoms with van der Waals surface area (Å²) >= 11 is 0. The summed E-state index contributed by atoms with van der Waals surface area (Å²) in [4.78, 5) is 0. The minimum Gasteiger partial charge on any atom is -0.376 e. The van der Waals surface area contributed by atoms with Crippen LogP contribution in [-0.4, -0.2) is 24.9 Å². The maximum Gasteiger partial charge on any atom is 0.391 e. The van der Waals surface area contributed by atoms with Crippen molar-refractivity contribution in [3.8, 4) is 0 Å². The molecule has 0 saturated heterocycles. The van der Waals surface area contributed by atoms with Gasteiger partial charge in [0.05, 0.1) is 19.1 Å². The van der Waals surface area contributed by atoms with Crippen LogP contribution in [0.4, 0.5) is 13.2 Å². The van der Waals surface area contributed by atoms with Crippen LogP contribution in [0.1, 0.15) is 38.5 Å². The standard InChI is InChI=1S/C10H18F3NO/c11-10(12,13)6-7-15-9-5-3-1-2-4-8(9)14/h8-9H,1-7,14H2. The van der Waals surface area contributed by atoms with Crippen LogP contribution in [0.15, 0.2) is 0 Å². The van der Waals surface area contributed by atoms with E-state index in [4.69, 9.17) is 10.5 Å². The number of hydrogen-bond acceptors (Lipinski definition) is 2. The van der Waals surface area contributed by atoms with Crippen LogP contribution in [0.3, 0.4) is 0 Å². The van der Waals surface area contributed by atoms with Gasteiger partial charge in [-0.1, -0.05) is 19.3 Å². The highest BCUT2D eigenvalue weighted by atomic mass is 19.4. The molecule has 1 rings (SSSR count). The van der Waals surface area contributed by atoms with E-state index in [0.29, 0.717) is 0 Å². The van der Waals surface area contributed by atoms with Gasteiger partial charge in [-0.15, -0.1) is 0 Å². The highest BCUT2D eigenvalue weighted by molar-refractivity contribution is 4.77. The van der Waals surface area contributed by atoms with Crippen LogP contribution in [-0.2, 0) is 4.74 Å². The SMILES string of the molecule is NC1CCCCCC1OCCC(F)(F)F. The molecule has 5 heteroatoms. The van der Waals surface area contributed by atoms with Gasteiger partial charge in [-0.3, -0.25) is 0 Å². The van der Waals surface area contributed by atoms with Crippen LogP contribution in [0.2, 0.25) is 0 Å². The second-order valence-electron chi connectivity index (χ2n) is 4.08. The molecule has 0 amide bonds. The van der Waals surface area contributed by atoms with E-state index in [1.807, 2.05) is 0 Å². The molecule has 2 unspecified atom stereocenters. The summed E-state index contributed by atoms with van der Waals surface area (Å²) in [5.74, 6) is 0. The Morgan fingerprint density at radius 3 is 2.47 bits per heavy atom. The molecule has 1 fully saturated rings. The van der Waals surface area contributed by atoms with Gasteiger partial charge in [0.1, 0.15) is 0 Å². The zero-order valence-electron chi connectivity index (χ0n) is 8.72. The zero-order valence-corrected chi connectivity index (χ0v) is 8.72. The minimum absolute atomic E-state index is 0.0965. The van der Waals surface area contributed by atoms with Crippen LogP contribution in [0.5, 0.6) is 0 Å². The van der Waals surface area contributed by atoms with E-state index in [1.54, 1.807) is 0 Å². The summed E-state index contributed by atoms with van der Waals surface area (Å²) in [6.45, 7) is -0.262. The Labute approximate surface area is 88.0 Å². The van der Waals surface area contributed by atoms with E-state index < -0.39 is 12.6 Å². The Balaban J connectivity index is 2.23. The number of nitrogens with two attached hydrogens (primary N) is 1. The lowest BCUT2D eigenvalue weighted by molar-refractivity contribution is -0.150. The van der Waals surface area contributed by atoms with Gasteiger partial charge >= 0.3 is 6.18 Å². The van der Waals surface area contributed by atoms with Gasteiger partial charge in [-0.2, -0.15) is 13.2 Å². The molecule has 0 bridgehead atoms. The Hall–Kier alpha value is -0.290. The summed E-state index contributed by atoms with van der Waals surface area (Å²) in [6, 6.07) is -0.0965. The summed E-state index contributed by atoms with van der Waals surface area (Å²) in [5.41, 5.74) is 5.82. The Morgan fingerprint density at radius 2 is 1.80 bits per heavy atom. The summed E-state index contributed by atoms with van der Waals surface area (Å²) in [6.07, 6.45) is -0.381. The topological polar surface area (TPSA) is 35.2 Å². The van der Waals surface area contributed by atoms with Crippen molar-refractivity contribution >= 4 is 0 Å². The number of alkyl halides is 3. The van der Waals surface area contributed by atoms with E-state index in [1.165, 1.54) is 0 Å². The molecule has 1 aliphatic carbocycles. The maximum atomic E-state index is 11.9. The van der Waals surface area contributed by atoms with Crippen molar-refractivity contribution < 1.29 is 17.9 Å². The molecule has 0 spiro atoms. The molecule has 1 saturated carbocycles. The Kier molecular flexibility index (Phi) is 4.86. The quantitative estimate of drug-likeness (QED) is 0.749. The third-order valence-electron chi connectivity index (χ3n) is 2.72. The van der Waals surface area contributed by atoms with Crippen molar-refractivity contribution in [2.45, 2.75) is 56.8 Å². The van der Waals surface area contributed by atoms with E-state index >= 15 is 0 Å². The van der Waals surface area contributed by atoms with Crippen molar-refractivity contribution in [3.63, 3.8) is 0 Å². The molecule has 0 aliphatic heterocycles. The van der Waals surface area contributed by atoms with E-state index in [2.05, 4.69) is 0 Å². The minimum atomic E-state index is -4.13. The number of ether oxygens (including phenoxy) is 1. The molecular weight excluding hydrogens is 207 g/mol. The molecule has 2 N–H and O–H groups in total. The molecule has 0 aromatic carbocycles. The second kappa shape index (κ2) is 5.70. The lowest BCUT2D eigenvalue weighted by Crippen LogP contribution is -2.36. The molecule has 0 radical (unpaired) electrons. The van der Waals surface area contributed by atoms with Crippen molar-refractivity contribution in [3.05, 3.63) is 0 Å². The highest BCUT2D eigenvalue weighted by Crippen LogP contribution is 2.22. The highest BCUT2D eigenvalue weighted by Gasteiger charge is 2.28. The molecule has 2 nitrogen and oxygen atoms in total. The molecule has 90 valence electrons. The first-order chi connectivity index (χ1) is 6.99. The molecular formula is C10H18F3NO. The number of halogens is 3. The van der Waals surface area contributed by atoms with E-state index in [9.17, 15) is 13.2 Å². The van der Waals surface area contributed by atoms with Gasteiger partial charge in [0, 0.05) is 6.04 Å². The summed E-state index contributed by atoms with van der Waals surface area (Å²) in [5, 5.41) is 0. The van der Waals surface area contributed by atoms with E-state index in [-0.39, 0.29) is 18.8 Å². The van der Waals surface area contributed by atoms with E-state index in [0.717, 1.165) is 32.1 Å². The molecule has 1 aliphatic rings. The second-order valence-corrected chi connectivity index (χ2v) is 4.08.